The second-order valence-corrected chi connectivity index (χ2v) is 7.68. The number of carbonyl (C=O) groups is 1. The third-order valence-electron chi connectivity index (χ3n) is 3.86. The van der Waals surface area contributed by atoms with Gasteiger partial charge in [0.25, 0.3) is 15.9 Å². The number of halogens is 3. The van der Waals surface area contributed by atoms with Crippen molar-refractivity contribution in [2.45, 2.75) is 11.5 Å². The Hall–Kier alpha value is -3.53. The van der Waals surface area contributed by atoms with Crippen molar-refractivity contribution in [1.82, 2.24) is 0 Å². The average Bonchev–Trinajstić information content (AvgIpc) is 2.69. The van der Waals surface area contributed by atoms with Gasteiger partial charge in [-0.15, -0.1) is 0 Å². The van der Waals surface area contributed by atoms with Gasteiger partial charge in [-0.1, -0.05) is 0 Å². The molecule has 3 aromatic carbocycles. The van der Waals surface area contributed by atoms with Gasteiger partial charge in [-0.05, 0) is 72.8 Å². The van der Waals surface area contributed by atoms with Gasteiger partial charge in [0, 0.05) is 16.9 Å². The number of ether oxygens (including phenoxy) is 1. The summed E-state index contributed by atoms with van der Waals surface area (Å²) in [6.45, 7) is -2.94. The van der Waals surface area contributed by atoms with E-state index in [1.165, 1.54) is 48.5 Å². The maximum Gasteiger partial charge on any atom is 0.387 e. The molecule has 0 radical (unpaired) electrons. The molecule has 0 aliphatic heterocycles. The summed E-state index contributed by atoms with van der Waals surface area (Å²) in [4.78, 5) is 12.2. The average molecular weight is 436 g/mol. The summed E-state index contributed by atoms with van der Waals surface area (Å²) in [6, 6.07) is 15.3. The maximum absolute atomic E-state index is 13.0. The number of rotatable bonds is 7. The molecule has 0 aliphatic rings. The van der Waals surface area contributed by atoms with Crippen molar-refractivity contribution in [2.75, 3.05) is 10.0 Å². The fourth-order valence-electron chi connectivity index (χ4n) is 2.44. The van der Waals surface area contributed by atoms with Crippen LogP contribution in [0.5, 0.6) is 5.75 Å². The second-order valence-electron chi connectivity index (χ2n) is 5.99. The number of sulfonamides is 1. The molecule has 3 aromatic rings. The zero-order chi connectivity index (χ0) is 21.7. The summed E-state index contributed by atoms with van der Waals surface area (Å²) in [6.07, 6.45) is 0. The highest BCUT2D eigenvalue weighted by Crippen LogP contribution is 2.20. The van der Waals surface area contributed by atoms with Crippen molar-refractivity contribution in [2.24, 2.45) is 0 Å². The summed E-state index contributed by atoms with van der Waals surface area (Å²) >= 11 is 0. The Morgan fingerprint density at radius 2 is 1.40 bits per heavy atom. The summed E-state index contributed by atoms with van der Waals surface area (Å²) in [5.41, 5.74) is 0.819. The van der Waals surface area contributed by atoms with Gasteiger partial charge in [-0.25, -0.2) is 12.8 Å². The molecule has 2 N–H and O–H groups in total. The molecule has 0 atom stereocenters. The highest BCUT2D eigenvalue weighted by atomic mass is 32.2. The molecule has 0 fully saturated rings. The lowest BCUT2D eigenvalue weighted by Gasteiger charge is -2.10. The number of alkyl halides is 2. The molecule has 3 rings (SSSR count). The van der Waals surface area contributed by atoms with E-state index < -0.39 is 28.4 Å². The molecular formula is C20H15F3N2O4S. The van der Waals surface area contributed by atoms with Crippen LogP contribution >= 0.6 is 0 Å². The van der Waals surface area contributed by atoms with Crippen LogP contribution < -0.4 is 14.8 Å². The molecule has 0 saturated carbocycles. The topological polar surface area (TPSA) is 84.5 Å². The van der Waals surface area contributed by atoms with Crippen LogP contribution in [0.3, 0.4) is 0 Å². The van der Waals surface area contributed by atoms with Gasteiger partial charge >= 0.3 is 6.61 Å². The minimum absolute atomic E-state index is 0.0409. The van der Waals surface area contributed by atoms with Gasteiger partial charge in [0.05, 0.1) is 4.90 Å². The highest BCUT2D eigenvalue weighted by Gasteiger charge is 2.15. The van der Waals surface area contributed by atoms with E-state index in [4.69, 9.17) is 0 Å². The first-order chi connectivity index (χ1) is 14.2. The summed E-state index contributed by atoms with van der Waals surface area (Å²) in [5, 5.41) is 2.58. The minimum atomic E-state index is -3.91. The first-order valence-electron chi connectivity index (χ1n) is 8.48. The van der Waals surface area contributed by atoms with E-state index in [1.54, 1.807) is 0 Å². The molecule has 0 aromatic heterocycles. The van der Waals surface area contributed by atoms with E-state index in [9.17, 15) is 26.4 Å². The number of amides is 1. The monoisotopic (exact) mass is 436 g/mol. The van der Waals surface area contributed by atoms with Crippen LogP contribution in [0.15, 0.2) is 77.7 Å². The van der Waals surface area contributed by atoms with E-state index in [0.29, 0.717) is 5.69 Å². The molecule has 1 amide bonds. The number of anilines is 2. The predicted octanol–water partition coefficient (Wildman–Crippen LogP) is 4.48. The van der Waals surface area contributed by atoms with E-state index >= 15 is 0 Å². The van der Waals surface area contributed by atoms with Crippen LogP contribution in [0.1, 0.15) is 10.4 Å². The van der Waals surface area contributed by atoms with Gasteiger partial charge in [-0.3, -0.25) is 9.52 Å². The zero-order valence-corrected chi connectivity index (χ0v) is 16.0. The molecular weight excluding hydrogens is 421 g/mol. The van der Waals surface area contributed by atoms with Crippen molar-refractivity contribution in [3.05, 3.63) is 84.2 Å². The van der Waals surface area contributed by atoms with Gasteiger partial charge < -0.3 is 10.1 Å². The highest BCUT2D eigenvalue weighted by molar-refractivity contribution is 7.92. The smallest absolute Gasteiger partial charge is 0.387 e. The van der Waals surface area contributed by atoms with E-state index in [-0.39, 0.29) is 21.9 Å². The van der Waals surface area contributed by atoms with Crippen molar-refractivity contribution in [3.63, 3.8) is 0 Å². The summed E-state index contributed by atoms with van der Waals surface area (Å²) < 4.78 is 68.4. The summed E-state index contributed by atoms with van der Waals surface area (Å²) in [7, 11) is -3.91. The Kier molecular flexibility index (Phi) is 6.26. The van der Waals surface area contributed by atoms with Gasteiger partial charge in [-0.2, -0.15) is 8.78 Å². The van der Waals surface area contributed by atoms with Crippen LogP contribution in [0.25, 0.3) is 0 Å². The van der Waals surface area contributed by atoms with Crippen molar-refractivity contribution in [3.8, 4) is 5.75 Å². The standard InChI is InChI=1S/C20H15F3N2O4S/c21-14-3-11-18(12-4-14)30(27,28)25-16-5-1-13(2-6-16)19(26)24-15-7-9-17(10-8-15)29-20(22)23/h1-12,20,25H,(H,24,26). The van der Waals surface area contributed by atoms with Crippen LogP contribution in [-0.4, -0.2) is 20.9 Å². The van der Waals surface area contributed by atoms with Crippen molar-refractivity contribution in [1.29, 1.82) is 0 Å². The molecule has 0 unspecified atom stereocenters. The normalized spacial score (nSPS) is 11.2. The van der Waals surface area contributed by atoms with E-state index in [2.05, 4.69) is 14.8 Å². The predicted molar refractivity (Wildman–Crippen MR) is 105 cm³/mol. The SMILES string of the molecule is O=C(Nc1ccc(OC(F)F)cc1)c1ccc(NS(=O)(=O)c2ccc(F)cc2)cc1. The van der Waals surface area contributed by atoms with Crippen LogP contribution in [0.2, 0.25) is 0 Å². The molecule has 10 heteroatoms. The Labute approximate surface area is 170 Å². The molecule has 156 valence electrons. The molecule has 0 spiro atoms. The molecule has 0 aliphatic carbocycles. The number of nitrogens with one attached hydrogen (secondary N) is 2. The molecule has 0 heterocycles. The van der Waals surface area contributed by atoms with Crippen LogP contribution in [0, 0.1) is 5.82 Å². The second kappa shape index (κ2) is 8.87. The first-order valence-corrected chi connectivity index (χ1v) is 9.96. The van der Waals surface area contributed by atoms with Gasteiger partial charge in [0.15, 0.2) is 0 Å². The molecule has 30 heavy (non-hydrogen) atoms. The number of carbonyl (C=O) groups excluding carboxylic acids is 1. The number of benzene rings is 3. The fourth-order valence-corrected chi connectivity index (χ4v) is 3.50. The van der Waals surface area contributed by atoms with Crippen molar-refractivity contribution >= 4 is 27.3 Å². The lowest BCUT2D eigenvalue weighted by atomic mass is 10.2. The Bertz CT molecular complexity index is 1120. The molecule has 0 saturated heterocycles. The van der Waals surface area contributed by atoms with Gasteiger partial charge in [0.2, 0.25) is 0 Å². The zero-order valence-electron chi connectivity index (χ0n) is 15.2. The third kappa shape index (κ3) is 5.51. The van der Waals surface area contributed by atoms with Crippen molar-refractivity contribution < 1.29 is 31.1 Å². The lowest BCUT2D eigenvalue weighted by molar-refractivity contribution is -0.0498. The van der Waals surface area contributed by atoms with Crippen LogP contribution in [0.4, 0.5) is 24.5 Å². The first kappa shape index (κ1) is 21.2. The quantitative estimate of drug-likeness (QED) is 0.572. The Morgan fingerprint density at radius 1 is 0.833 bits per heavy atom. The molecule has 6 nitrogen and oxygen atoms in total. The minimum Gasteiger partial charge on any atom is -0.435 e. The lowest BCUT2D eigenvalue weighted by Crippen LogP contribution is -2.14. The third-order valence-corrected chi connectivity index (χ3v) is 5.26. The van der Waals surface area contributed by atoms with Gasteiger partial charge in [0.1, 0.15) is 11.6 Å². The van der Waals surface area contributed by atoms with E-state index in [0.717, 1.165) is 24.3 Å². The Morgan fingerprint density at radius 3 is 1.97 bits per heavy atom. The van der Waals surface area contributed by atoms with E-state index in [1.807, 2.05) is 0 Å². The fraction of sp³-hybridized carbons (Fsp3) is 0.0500. The largest absolute Gasteiger partial charge is 0.435 e. The van der Waals surface area contributed by atoms with Crippen LogP contribution in [-0.2, 0) is 10.0 Å². The summed E-state index contributed by atoms with van der Waals surface area (Å²) in [5.74, 6) is -1.08. The number of hydrogen-bond acceptors (Lipinski definition) is 4. The molecule has 0 bridgehead atoms. The Balaban J connectivity index is 1.64. The number of hydrogen-bond donors (Lipinski definition) is 2. The maximum atomic E-state index is 13.0.